The van der Waals surface area contributed by atoms with Gasteiger partial charge in [-0.2, -0.15) is 0 Å². The number of hydrogen-bond acceptors (Lipinski definition) is 4. The van der Waals surface area contributed by atoms with Gasteiger partial charge in [-0.05, 0) is 227 Å². The average molecular weight is 987 g/mol. The number of aryl methyl sites for hydroxylation is 10. The first-order valence-electron chi connectivity index (χ1n) is 27.9. The fourth-order valence-corrected chi connectivity index (χ4v) is 15.0. The molecule has 4 aliphatic heterocycles. The molecule has 15 rings (SSSR count). The summed E-state index contributed by atoms with van der Waals surface area (Å²) in [5, 5.41) is 0. The highest BCUT2D eigenvalue weighted by Crippen LogP contribution is 2.62. The minimum absolute atomic E-state index is 0.0384. The Morgan fingerprint density at radius 1 is 0.329 bits per heavy atom. The van der Waals surface area contributed by atoms with Gasteiger partial charge >= 0.3 is 0 Å². The molecular weight excluding hydrogens is 926 g/mol. The molecule has 6 heteroatoms. The van der Waals surface area contributed by atoms with Crippen LogP contribution < -0.4 is 51.7 Å². The number of rotatable bonds is 6. The zero-order chi connectivity index (χ0) is 51.7. The van der Waals surface area contributed by atoms with Gasteiger partial charge in [0.15, 0.2) is 0 Å². The highest BCUT2D eigenvalue weighted by molar-refractivity contribution is 6.99. The first-order chi connectivity index (χ1) is 36.9. The molecule has 9 aromatic carbocycles. The Morgan fingerprint density at radius 2 is 0.645 bits per heavy atom. The molecule has 0 aromatic heterocycles. The van der Waals surface area contributed by atoms with Crippen LogP contribution in [-0.2, 0) is 25.7 Å². The van der Waals surface area contributed by atoms with Crippen molar-refractivity contribution < 1.29 is 18.9 Å². The van der Waals surface area contributed by atoms with E-state index in [0.717, 1.165) is 82.6 Å². The largest absolute Gasteiger partial charge is 0.458 e. The summed E-state index contributed by atoms with van der Waals surface area (Å²) in [5.74, 6) is 7.08. The summed E-state index contributed by atoms with van der Waals surface area (Å²) < 4.78 is 29.4. The Hall–Kier alpha value is -7.69. The second-order valence-corrected chi connectivity index (χ2v) is 22.9. The molecule has 6 aliphatic rings. The van der Waals surface area contributed by atoms with Crippen molar-refractivity contribution in [3.63, 3.8) is 0 Å². The van der Waals surface area contributed by atoms with Crippen LogP contribution in [0.15, 0.2) is 121 Å². The van der Waals surface area contributed by atoms with E-state index in [9.17, 15) is 0 Å². The molecule has 0 amide bonds. The molecule has 0 fully saturated rings. The van der Waals surface area contributed by atoms with Gasteiger partial charge in [0.05, 0.1) is 0 Å². The highest BCUT2D eigenvalue weighted by atomic mass is 16.5. The van der Waals surface area contributed by atoms with Crippen LogP contribution in [0.5, 0.6) is 46.0 Å². The lowest BCUT2D eigenvalue weighted by atomic mass is 9.34. The summed E-state index contributed by atoms with van der Waals surface area (Å²) in [6.07, 6.45) is 3.80. The molecule has 0 bridgehead atoms. The van der Waals surface area contributed by atoms with Crippen LogP contribution in [0.4, 0.5) is 0 Å². The van der Waals surface area contributed by atoms with Crippen molar-refractivity contribution in [1.29, 1.82) is 0 Å². The standard InChI is InChI=1S/C70H60B2O4/c1-11-41-15-19-55-51(27-41)71-53-29-43(13-3)17-21-57(53)75-69-65-49(33-59(73-55)67(69)71)45-31-48-46(32-47(45)63(65)61-37(7)23-35(5)24-38(61)8)50-34-60-68-70(66(50)64(48)62-39(9)25-36(6)26-40(62)10)76-58-22-18-44(14-4)30-54(58)72(68)52-28-42(12-2)16-20-56(52)74-60/h15-34,63-64H,11-14H2,1-10H3. The molecule has 2 unspecified atom stereocenters. The van der Waals surface area contributed by atoms with Gasteiger partial charge in [0.1, 0.15) is 46.0 Å². The van der Waals surface area contributed by atoms with E-state index in [-0.39, 0.29) is 25.3 Å². The lowest BCUT2D eigenvalue weighted by Crippen LogP contribution is -2.57. The van der Waals surface area contributed by atoms with Crippen LogP contribution in [-0.4, -0.2) is 13.4 Å². The third-order valence-corrected chi connectivity index (χ3v) is 18.3. The molecule has 0 radical (unpaired) electrons. The topological polar surface area (TPSA) is 36.9 Å². The van der Waals surface area contributed by atoms with Crippen molar-refractivity contribution in [2.45, 2.75) is 107 Å². The van der Waals surface area contributed by atoms with E-state index in [1.54, 1.807) is 0 Å². The zero-order valence-corrected chi connectivity index (χ0v) is 45.3. The summed E-state index contributed by atoms with van der Waals surface area (Å²) in [4.78, 5) is 0. The van der Waals surface area contributed by atoms with Gasteiger partial charge in [0.25, 0.3) is 13.4 Å². The fourth-order valence-electron chi connectivity index (χ4n) is 15.0. The molecule has 4 nitrogen and oxygen atoms in total. The first-order valence-corrected chi connectivity index (χ1v) is 27.9. The maximum Gasteiger partial charge on any atom is 0.260 e. The molecule has 76 heavy (non-hydrogen) atoms. The molecule has 370 valence electrons. The van der Waals surface area contributed by atoms with E-state index >= 15 is 0 Å². The summed E-state index contributed by atoms with van der Waals surface area (Å²) in [6, 6.07) is 46.7. The van der Waals surface area contributed by atoms with E-state index in [0.29, 0.717) is 0 Å². The van der Waals surface area contributed by atoms with Crippen molar-refractivity contribution in [2.75, 3.05) is 0 Å². The Balaban J connectivity index is 1.03. The highest BCUT2D eigenvalue weighted by Gasteiger charge is 2.50. The van der Waals surface area contributed by atoms with E-state index in [1.807, 2.05) is 0 Å². The minimum Gasteiger partial charge on any atom is -0.458 e. The Kier molecular flexibility index (Phi) is 9.86. The monoisotopic (exact) mass is 986 g/mol. The zero-order valence-electron chi connectivity index (χ0n) is 45.3. The van der Waals surface area contributed by atoms with Gasteiger partial charge in [0, 0.05) is 33.9 Å². The van der Waals surface area contributed by atoms with Crippen molar-refractivity contribution in [1.82, 2.24) is 0 Å². The van der Waals surface area contributed by atoms with Crippen LogP contribution >= 0.6 is 0 Å². The SMILES string of the molecule is CCc1ccc2c(c1)B1c3cc(CC)ccc3Oc3c1c(cc1c3C(c3c(C)cc(C)cc3C)c3cc4c(cc3-1)C(c1c(C)cc(C)cc1C)c1c-4cc3c4c1Oc1ccc(CC)cc1B4c1cc(CC)ccc1O3)O2. The number of hydrogen-bond donors (Lipinski definition) is 0. The molecule has 9 aromatic rings. The van der Waals surface area contributed by atoms with Crippen molar-refractivity contribution >= 4 is 46.2 Å². The molecule has 4 heterocycles. The van der Waals surface area contributed by atoms with Crippen LogP contribution in [0.1, 0.15) is 129 Å². The van der Waals surface area contributed by atoms with Gasteiger partial charge in [-0.1, -0.05) is 112 Å². The summed E-state index contributed by atoms with van der Waals surface area (Å²) >= 11 is 0. The smallest absolute Gasteiger partial charge is 0.260 e. The third kappa shape index (κ3) is 6.27. The van der Waals surface area contributed by atoms with Crippen LogP contribution in [0, 0.1) is 41.5 Å². The Morgan fingerprint density at radius 3 is 0.961 bits per heavy atom. The third-order valence-electron chi connectivity index (χ3n) is 18.3. The second-order valence-electron chi connectivity index (χ2n) is 22.9. The summed E-state index contributed by atoms with van der Waals surface area (Å²) in [7, 11) is 0. The van der Waals surface area contributed by atoms with Crippen LogP contribution in [0.3, 0.4) is 0 Å². The molecule has 0 saturated heterocycles. The lowest BCUT2D eigenvalue weighted by Gasteiger charge is -2.36. The summed E-state index contributed by atoms with van der Waals surface area (Å²) in [5.41, 5.74) is 32.5. The van der Waals surface area contributed by atoms with Gasteiger partial charge < -0.3 is 18.9 Å². The molecule has 2 aliphatic carbocycles. The number of benzene rings is 9. The molecule has 0 spiro atoms. The predicted octanol–water partition coefficient (Wildman–Crippen LogP) is 13.6. The molecule has 2 atom stereocenters. The number of fused-ring (bicyclic) bond motifs is 16. The quantitative estimate of drug-likeness (QED) is 0.156. The maximum absolute atomic E-state index is 7.50. The van der Waals surface area contributed by atoms with Crippen molar-refractivity contribution in [3.05, 3.63) is 210 Å². The van der Waals surface area contributed by atoms with E-state index in [4.69, 9.17) is 18.9 Å². The van der Waals surface area contributed by atoms with E-state index in [1.165, 1.54) is 133 Å². The van der Waals surface area contributed by atoms with Gasteiger partial charge in [0.2, 0.25) is 0 Å². The minimum atomic E-state index is -0.117. The van der Waals surface area contributed by atoms with Gasteiger partial charge in [-0.15, -0.1) is 0 Å². The summed E-state index contributed by atoms with van der Waals surface area (Å²) in [6.45, 7) is 22.5. The maximum atomic E-state index is 7.50. The van der Waals surface area contributed by atoms with Gasteiger partial charge in [-0.3, -0.25) is 0 Å². The Labute approximate surface area is 448 Å². The fraction of sp³-hybridized carbons (Fsp3) is 0.229. The normalized spacial score (nSPS) is 15.8. The van der Waals surface area contributed by atoms with Crippen molar-refractivity contribution in [3.8, 4) is 68.2 Å². The van der Waals surface area contributed by atoms with E-state index in [2.05, 4.69) is 191 Å². The second kappa shape index (κ2) is 16.4. The van der Waals surface area contributed by atoms with E-state index < -0.39 is 0 Å². The molecule has 0 N–H and O–H groups in total. The lowest BCUT2D eigenvalue weighted by molar-refractivity contribution is 0.460. The Bertz CT molecular complexity index is 3760. The van der Waals surface area contributed by atoms with Crippen LogP contribution in [0.25, 0.3) is 22.3 Å². The average Bonchev–Trinajstić information content (AvgIpc) is 4.01. The molecule has 0 saturated carbocycles. The first kappa shape index (κ1) is 45.7. The molecular formula is C70H60B2O4. The van der Waals surface area contributed by atoms with Gasteiger partial charge in [-0.25, -0.2) is 0 Å². The van der Waals surface area contributed by atoms with Crippen molar-refractivity contribution in [2.24, 2.45) is 0 Å². The van der Waals surface area contributed by atoms with Crippen LogP contribution in [0.2, 0.25) is 0 Å². The predicted molar refractivity (Wildman–Crippen MR) is 313 cm³/mol. The number of ether oxygens (including phenoxy) is 4.